The van der Waals surface area contributed by atoms with Gasteiger partial charge in [-0.15, -0.1) is 0 Å². The van der Waals surface area contributed by atoms with Crippen LogP contribution in [0.3, 0.4) is 0 Å². The molecule has 2 aromatic carbocycles. The SMILES string of the molecule is COc1cccc(/C=C/C(=O)Oc2cc(C)nn2-c2cccc(Cl)c2)c1OC. The quantitative estimate of drug-likeness (QED) is 0.453. The molecule has 0 radical (unpaired) electrons. The highest BCUT2D eigenvalue weighted by molar-refractivity contribution is 6.30. The number of carbonyl (C=O) groups excluding carboxylic acids is 1. The first-order valence-corrected chi connectivity index (χ1v) is 8.83. The monoisotopic (exact) mass is 398 g/mol. The summed E-state index contributed by atoms with van der Waals surface area (Å²) in [5.74, 6) is 0.863. The number of para-hydroxylation sites is 1. The molecule has 0 aliphatic carbocycles. The average Bonchev–Trinajstić information content (AvgIpc) is 3.05. The fourth-order valence-electron chi connectivity index (χ4n) is 2.68. The van der Waals surface area contributed by atoms with Gasteiger partial charge in [0.05, 0.1) is 25.6 Å². The zero-order valence-electron chi connectivity index (χ0n) is 15.7. The van der Waals surface area contributed by atoms with Crippen LogP contribution in [0.2, 0.25) is 5.02 Å². The molecule has 0 aliphatic rings. The standard InChI is InChI=1S/C21H19ClN2O4/c1-14-12-19(24(23-14)17-8-5-7-16(22)13-17)28-20(25)11-10-15-6-4-9-18(26-2)21(15)27-3/h4-13H,1-3H3/b11-10+. The van der Waals surface area contributed by atoms with Gasteiger partial charge in [0.25, 0.3) is 0 Å². The van der Waals surface area contributed by atoms with Crippen molar-refractivity contribution in [2.75, 3.05) is 14.2 Å². The lowest BCUT2D eigenvalue weighted by atomic mass is 10.1. The number of esters is 1. The van der Waals surface area contributed by atoms with Gasteiger partial charge < -0.3 is 14.2 Å². The molecule has 0 amide bonds. The minimum atomic E-state index is -0.548. The maximum atomic E-state index is 12.4. The molecule has 1 aromatic heterocycles. The summed E-state index contributed by atoms with van der Waals surface area (Å²) >= 11 is 6.05. The summed E-state index contributed by atoms with van der Waals surface area (Å²) < 4.78 is 17.6. The van der Waals surface area contributed by atoms with Crippen molar-refractivity contribution < 1.29 is 19.0 Å². The van der Waals surface area contributed by atoms with Gasteiger partial charge in [0.15, 0.2) is 11.5 Å². The van der Waals surface area contributed by atoms with Crippen molar-refractivity contribution in [2.24, 2.45) is 0 Å². The third kappa shape index (κ3) is 4.35. The molecule has 3 rings (SSSR count). The fraction of sp³-hybridized carbons (Fsp3) is 0.143. The van der Waals surface area contributed by atoms with Crippen molar-refractivity contribution in [3.63, 3.8) is 0 Å². The van der Waals surface area contributed by atoms with E-state index < -0.39 is 5.97 Å². The summed E-state index contributed by atoms with van der Waals surface area (Å²) in [6, 6.07) is 14.2. The smallest absolute Gasteiger partial charge is 0.337 e. The summed E-state index contributed by atoms with van der Waals surface area (Å²) in [5.41, 5.74) is 2.10. The van der Waals surface area contributed by atoms with E-state index >= 15 is 0 Å². The number of aromatic nitrogens is 2. The molecule has 0 fully saturated rings. The highest BCUT2D eigenvalue weighted by Gasteiger charge is 2.13. The first-order valence-electron chi connectivity index (χ1n) is 8.45. The summed E-state index contributed by atoms with van der Waals surface area (Å²) in [6.45, 7) is 1.81. The second kappa shape index (κ2) is 8.63. The molecule has 28 heavy (non-hydrogen) atoms. The van der Waals surface area contributed by atoms with E-state index in [1.54, 1.807) is 50.6 Å². The van der Waals surface area contributed by atoms with Crippen LogP contribution < -0.4 is 14.2 Å². The van der Waals surface area contributed by atoms with Crippen molar-refractivity contribution in [3.8, 4) is 23.1 Å². The number of carbonyl (C=O) groups is 1. The fourth-order valence-corrected chi connectivity index (χ4v) is 2.86. The molecule has 0 N–H and O–H groups in total. The van der Waals surface area contributed by atoms with Gasteiger partial charge in [-0.3, -0.25) is 0 Å². The maximum Gasteiger partial charge on any atom is 0.337 e. The Balaban J connectivity index is 1.82. The Morgan fingerprint density at radius 2 is 1.89 bits per heavy atom. The van der Waals surface area contributed by atoms with E-state index in [9.17, 15) is 4.79 Å². The summed E-state index contributed by atoms with van der Waals surface area (Å²) in [5, 5.41) is 4.93. The summed E-state index contributed by atoms with van der Waals surface area (Å²) in [4.78, 5) is 12.4. The number of rotatable bonds is 6. The number of halogens is 1. The topological polar surface area (TPSA) is 62.6 Å². The molecule has 1 heterocycles. The minimum Gasteiger partial charge on any atom is -0.493 e. The molecule has 0 aliphatic heterocycles. The van der Waals surface area contributed by atoms with Crippen molar-refractivity contribution in [1.29, 1.82) is 0 Å². The maximum absolute atomic E-state index is 12.4. The van der Waals surface area contributed by atoms with Gasteiger partial charge in [-0.05, 0) is 37.3 Å². The average molecular weight is 399 g/mol. The van der Waals surface area contributed by atoms with Crippen LogP contribution in [0.1, 0.15) is 11.3 Å². The first-order chi connectivity index (χ1) is 13.5. The summed E-state index contributed by atoms with van der Waals surface area (Å²) in [6.07, 6.45) is 2.93. The number of methoxy groups -OCH3 is 2. The third-order valence-electron chi connectivity index (χ3n) is 3.89. The Hall–Kier alpha value is -3.25. The van der Waals surface area contributed by atoms with Gasteiger partial charge in [-0.25, -0.2) is 9.48 Å². The minimum absolute atomic E-state index is 0.298. The normalized spacial score (nSPS) is 10.9. The van der Waals surface area contributed by atoms with Crippen LogP contribution in [0.15, 0.2) is 54.6 Å². The van der Waals surface area contributed by atoms with E-state index in [2.05, 4.69) is 5.10 Å². The largest absolute Gasteiger partial charge is 0.493 e. The van der Waals surface area contributed by atoms with Crippen molar-refractivity contribution >= 4 is 23.6 Å². The molecule has 0 atom stereocenters. The number of hydrogen-bond donors (Lipinski definition) is 0. The Kier molecular flexibility index (Phi) is 6.01. The van der Waals surface area contributed by atoms with Crippen molar-refractivity contribution in [1.82, 2.24) is 9.78 Å². The van der Waals surface area contributed by atoms with Crippen LogP contribution >= 0.6 is 11.6 Å². The van der Waals surface area contributed by atoms with Gasteiger partial charge >= 0.3 is 5.97 Å². The van der Waals surface area contributed by atoms with Crippen LogP contribution in [-0.4, -0.2) is 30.0 Å². The molecular weight excluding hydrogens is 380 g/mol. The zero-order chi connectivity index (χ0) is 20.1. The van der Waals surface area contributed by atoms with Crippen molar-refractivity contribution in [2.45, 2.75) is 6.92 Å². The first kappa shape index (κ1) is 19.5. The molecule has 0 spiro atoms. The molecule has 0 saturated carbocycles. The lowest BCUT2D eigenvalue weighted by Gasteiger charge is -2.10. The number of nitrogens with zero attached hydrogens (tertiary/aromatic N) is 2. The van der Waals surface area contributed by atoms with Gasteiger partial charge in [0, 0.05) is 22.7 Å². The van der Waals surface area contributed by atoms with E-state index in [0.717, 1.165) is 0 Å². The predicted octanol–water partition coefficient (Wildman–Crippen LogP) is 4.47. The van der Waals surface area contributed by atoms with E-state index in [1.807, 2.05) is 25.1 Å². The third-order valence-corrected chi connectivity index (χ3v) is 4.12. The molecule has 6 nitrogen and oxygen atoms in total. The van der Waals surface area contributed by atoms with E-state index in [1.165, 1.54) is 10.8 Å². The molecule has 0 saturated heterocycles. The summed E-state index contributed by atoms with van der Waals surface area (Å²) in [7, 11) is 3.10. The highest BCUT2D eigenvalue weighted by atomic mass is 35.5. The van der Waals surface area contributed by atoms with Gasteiger partial charge in [0.1, 0.15) is 0 Å². The molecule has 0 bridgehead atoms. The van der Waals surface area contributed by atoms with E-state index in [0.29, 0.717) is 39.3 Å². The van der Waals surface area contributed by atoms with Crippen molar-refractivity contribution in [3.05, 3.63) is 70.9 Å². The zero-order valence-corrected chi connectivity index (χ0v) is 16.4. The number of hydrogen-bond acceptors (Lipinski definition) is 5. The van der Waals surface area contributed by atoms with Crippen LogP contribution in [-0.2, 0) is 4.79 Å². The van der Waals surface area contributed by atoms with Gasteiger partial charge in [-0.1, -0.05) is 29.8 Å². The Morgan fingerprint density at radius 1 is 1.11 bits per heavy atom. The lowest BCUT2D eigenvalue weighted by molar-refractivity contribution is -0.129. The number of ether oxygens (including phenoxy) is 3. The van der Waals surface area contributed by atoms with Crippen LogP contribution in [0.25, 0.3) is 11.8 Å². The van der Waals surface area contributed by atoms with Gasteiger partial charge in [0.2, 0.25) is 5.88 Å². The Bertz CT molecular complexity index is 1030. The Labute approximate surface area is 167 Å². The van der Waals surface area contributed by atoms with E-state index in [-0.39, 0.29) is 0 Å². The lowest BCUT2D eigenvalue weighted by Crippen LogP contribution is -2.08. The van der Waals surface area contributed by atoms with E-state index in [4.69, 9.17) is 25.8 Å². The highest BCUT2D eigenvalue weighted by Crippen LogP contribution is 2.31. The number of benzene rings is 2. The molecular formula is C21H19ClN2O4. The molecule has 7 heteroatoms. The number of aryl methyl sites for hydroxylation is 1. The molecule has 144 valence electrons. The van der Waals surface area contributed by atoms with Crippen LogP contribution in [0, 0.1) is 6.92 Å². The predicted molar refractivity (Wildman–Crippen MR) is 108 cm³/mol. The second-order valence-corrected chi connectivity index (χ2v) is 6.29. The van der Waals surface area contributed by atoms with Crippen LogP contribution in [0.4, 0.5) is 0 Å². The Morgan fingerprint density at radius 3 is 2.61 bits per heavy atom. The van der Waals surface area contributed by atoms with Crippen LogP contribution in [0.5, 0.6) is 17.4 Å². The molecule has 0 unspecified atom stereocenters. The van der Waals surface area contributed by atoms with Gasteiger partial charge in [-0.2, -0.15) is 5.10 Å². The second-order valence-electron chi connectivity index (χ2n) is 5.85. The molecule has 3 aromatic rings.